The molecule has 3 rings (SSSR count). The van der Waals surface area contributed by atoms with Crippen LogP contribution >= 0.6 is 11.6 Å². The van der Waals surface area contributed by atoms with Gasteiger partial charge in [-0.25, -0.2) is 9.18 Å². The first-order chi connectivity index (χ1) is 16.5. The van der Waals surface area contributed by atoms with Crippen LogP contribution in [-0.2, 0) is 4.79 Å². The molecule has 1 aromatic rings. The molecule has 2 N–H and O–H groups in total. The van der Waals surface area contributed by atoms with Crippen molar-refractivity contribution in [3.8, 4) is 5.75 Å². The lowest BCUT2D eigenvalue weighted by Crippen LogP contribution is -2.44. The summed E-state index contributed by atoms with van der Waals surface area (Å²) in [7, 11) is 0. The van der Waals surface area contributed by atoms with Gasteiger partial charge >= 0.3 is 5.97 Å². The smallest absolute Gasteiger partial charge is 0.335 e. The molecule has 2 atom stereocenters. The number of rotatable bonds is 10. The quantitative estimate of drug-likeness (QED) is 0.397. The summed E-state index contributed by atoms with van der Waals surface area (Å²) in [4.78, 5) is 28.9. The molecule has 2 aliphatic rings. The number of nitrogens with zero attached hydrogens (tertiary/aromatic N) is 2. The van der Waals surface area contributed by atoms with Crippen LogP contribution < -0.4 is 4.90 Å². The minimum absolute atomic E-state index is 0.0766. The summed E-state index contributed by atoms with van der Waals surface area (Å²) in [6.07, 6.45) is 7.21. The van der Waals surface area contributed by atoms with Gasteiger partial charge in [0.25, 0.3) is 0 Å². The lowest BCUT2D eigenvalue weighted by Gasteiger charge is -2.36. The second kappa shape index (κ2) is 11.0. The summed E-state index contributed by atoms with van der Waals surface area (Å²) in [5.41, 5.74) is -0.461. The standard InChI is InChI=1S/C27H34ClFN2O4/c1-5-13-31(22-12-11-19(26(34)35)14-23(22)32)25(33)20-16-30(15-18-9-10-18)27(3,4)24(20)21(29)8-6-7-17(2)28/h6-8,11-12,14,18,20,24,32H,2,5,9-10,13,15-16H2,1,3-4H3,(H,34,35)/b7-6-,21-8-/t20-,24?/m1/s1. The van der Waals surface area contributed by atoms with Crippen molar-refractivity contribution in [3.63, 3.8) is 0 Å². The van der Waals surface area contributed by atoms with E-state index >= 15 is 4.39 Å². The Morgan fingerprint density at radius 1 is 1.34 bits per heavy atom. The van der Waals surface area contributed by atoms with Crippen molar-refractivity contribution in [1.29, 1.82) is 0 Å². The number of carboxylic acids is 1. The topological polar surface area (TPSA) is 81.1 Å². The molecule has 6 nitrogen and oxygen atoms in total. The Bertz CT molecular complexity index is 1050. The van der Waals surface area contributed by atoms with E-state index in [4.69, 9.17) is 11.6 Å². The van der Waals surface area contributed by atoms with E-state index in [1.807, 2.05) is 20.8 Å². The largest absolute Gasteiger partial charge is 0.506 e. The molecule has 1 aliphatic carbocycles. The number of allylic oxidation sites excluding steroid dienone is 4. The third kappa shape index (κ3) is 6.14. The zero-order valence-corrected chi connectivity index (χ0v) is 21.3. The Kier molecular flexibility index (Phi) is 8.44. The lowest BCUT2D eigenvalue weighted by atomic mass is 9.80. The van der Waals surface area contributed by atoms with Gasteiger partial charge in [-0.2, -0.15) is 0 Å². The fraction of sp³-hybridized carbons (Fsp3) is 0.481. The van der Waals surface area contributed by atoms with Crippen molar-refractivity contribution < 1.29 is 24.2 Å². The number of carboxylic acid groups (broad SMARTS) is 1. The first kappa shape index (κ1) is 27.0. The van der Waals surface area contributed by atoms with Crippen molar-refractivity contribution in [3.05, 3.63) is 59.4 Å². The molecular weight excluding hydrogens is 471 g/mol. The van der Waals surface area contributed by atoms with Gasteiger partial charge in [-0.1, -0.05) is 31.2 Å². The number of likely N-dealkylation sites (tertiary alicyclic amines) is 1. The highest BCUT2D eigenvalue weighted by atomic mass is 35.5. The number of benzene rings is 1. The highest BCUT2D eigenvalue weighted by Crippen LogP contribution is 2.47. The van der Waals surface area contributed by atoms with Crippen molar-refractivity contribution in [2.45, 2.75) is 45.6 Å². The van der Waals surface area contributed by atoms with Crippen molar-refractivity contribution >= 4 is 29.2 Å². The van der Waals surface area contributed by atoms with Gasteiger partial charge in [-0.15, -0.1) is 0 Å². The predicted octanol–water partition coefficient (Wildman–Crippen LogP) is 5.73. The average molecular weight is 505 g/mol. The number of carbonyl (C=O) groups excluding carboxylic acids is 1. The molecule has 1 aliphatic heterocycles. The second-order valence-corrected chi connectivity index (χ2v) is 10.4. The van der Waals surface area contributed by atoms with E-state index in [2.05, 4.69) is 11.5 Å². The highest BCUT2D eigenvalue weighted by molar-refractivity contribution is 6.30. The molecule has 2 fully saturated rings. The molecule has 0 aromatic heterocycles. The molecule has 1 saturated carbocycles. The zero-order valence-electron chi connectivity index (χ0n) is 20.5. The molecule has 35 heavy (non-hydrogen) atoms. The summed E-state index contributed by atoms with van der Waals surface area (Å²) < 4.78 is 15.7. The van der Waals surface area contributed by atoms with Crippen LogP contribution in [0.4, 0.5) is 10.1 Å². The summed E-state index contributed by atoms with van der Waals surface area (Å²) in [5, 5.41) is 20.1. The Morgan fingerprint density at radius 3 is 2.57 bits per heavy atom. The number of carbonyl (C=O) groups is 2. The van der Waals surface area contributed by atoms with E-state index in [0.29, 0.717) is 25.4 Å². The van der Waals surface area contributed by atoms with Gasteiger partial charge in [0.15, 0.2) is 0 Å². The maximum absolute atomic E-state index is 15.7. The first-order valence-electron chi connectivity index (χ1n) is 12.0. The molecule has 0 radical (unpaired) electrons. The number of phenols is 1. The highest BCUT2D eigenvalue weighted by Gasteiger charge is 2.54. The van der Waals surface area contributed by atoms with Crippen LogP contribution in [0.1, 0.15) is 50.4 Å². The summed E-state index contributed by atoms with van der Waals surface area (Å²) in [5.74, 6) is -3.00. The number of anilines is 1. The van der Waals surface area contributed by atoms with E-state index < -0.39 is 29.2 Å². The number of aromatic hydroxyl groups is 1. The Labute approximate surface area is 211 Å². The van der Waals surface area contributed by atoms with Crippen LogP contribution in [0.15, 0.2) is 53.9 Å². The van der Waals surface area contributed by atoms with Crippen LogP contribution in [0, 0.1) is 17.8 Å². The van der Waals surface area contributed by atoms with Gasteiger partial charge in [0, 0.05) is 36.1 Å². The Hall–Kier alpha value is -2.64. The van der Waals surface area contributed by atoms with Crippen LogP contribution in [0.25, 0.3) is 0 Å². The number of hydrogen-bond donors (Lipinski definition) is 2. The van der Waals surface area contributed by atoms with E-state index in [1.165, 1.54) is 35.3 Å². The van der Waals surface area contributed by atoms with E-state index in [9.17, 15) is 19.8 Å². The van der Waals surface area contributed by atoms with E-state index in [-0.39, 0.29) is 27.9 Å². The minimum Gasteiger partial charge on any atom is -0.506 e. The second-order valence-electron chi connectivity index (χ2n) is 9.94. The van der Waals surface area contributed by atoms with Gasteiger partial charge < -0.3 is 15.1 Å². The van der Waals surface area contributed by atoms with Crippen molar-refractivity contribution in [2.75, 3.05) is 24.5 Å². The molecule has 1 aromatic carbocycles. The number of aromatic carboxylic acids is 1. The number of amides is 1. The molecule has 1 saturated heterocycles. The summed E-state index contributed by atoms with van der Waals surface area (Å²) in [6, 6.07) is 3.92. The summed E-state index contributed by atoms with van der Waals surface area (Å²) >= 11 is 5.77. The van der Waals surface area contributed by atoms with Crippen LogP contribution in [0.2, 0.25) is 0 Å². The zero-order chi connectivity index (χ0) is 25.9. The van der Waals surface area contributed by atoms with Gasteiger partial charge in [-0.05, 0) is 69.4 Å². The van der Waals surface area contributed by atoms with E-state index in [0.717, 1.165) is 25.5 Å². The molecule has 0 bridgehead atoms. The molecule has 8 heteroatoms. The maximum atomic E-state index is 15.7. The third-order valence-electron chi connectivity index (χ3n) is 6.94. The van der Waals surface area contributed by atoms with Crippen LogP contribution in [-0.4, -0.2) is 52.2 Å². The molecular formula is C27H34ClFN2O4. The van der Waals surface area contributed by atoms with Gasteiger partial charge in [0.2, 0.25) is 5.91 Å². The van der Waals surface area contributed by atoms with Crippen molar-refractivity contribution in [2.24, 2.45) is 17.8 Å². The SMILES string of the molecule is C=C(Cl)/C=C\C=C(/F)C1[C@H](C(=O)N(CCC)c2ccc(C(=O)O)cc2O)CN(CC2CC2)C1(C)C. The first-order valence-corrected chi connectivity index (χ1v) is 12.4. The van der Waals surface area contributed by atoms with Crippen LogP contribution in [0.5, 0.6) is 5.75 Å². The Morgan fingerprint density at radius 2 is 2.03 bits per heavy atom. The maximum Gasteiger partial charge on any atom is 0.335 e. The predicted molar refractivity (Wildman–Crippen MR) is 136 cm³/mol. The molecule has 1 heterocycles. The van der Waals surface area contributed by atoms with Gasteiger partial charge in [0.05, 0.1) is 17.2 Å². The number of phenolic OH excluding ortho intramolecular Hbond substituents is 1. The van der Waals surface area contributed by atoms with Gasteiger partial charge in [0.1, 0.15) is 11.6 Å². The molecule has 1 amide bonds. The monoisotopic (exact) mass is 504 g/mol. The third-order valence-corrected chi connectivity index (χ3v) is 7.07. The fourth-order valence-corrected chi connectivity index (χ4v) is 5.02. The summed E-state index contributed by atoms with van der Waals surface area (Å²) in [6.45, 7) is 10.9. The van der Waals surface area contributed by atoms with Gasteiger partial charge in [-0.3, -0.25) is 9.69 Å². The van der Waals surface area contributed by atoms with Crippen molar-refractivity contribution in [1.82, 2.24) is 4.90 Å². The van der Waals surface area contributed by atoms with E-state index in [1.54, 1.807) is 0 Å². The Balaban J connectivity index is 2.00. The normalized spacial score (nSPS) is 22.5. The molecule has 1 unspecified atom stereocenters. The fourth-order valence-electron chi connectivity index (χ4n) is 4.95. The lowest BCUT2D eigenvalue weighted by molar-refractivity contribution is -0.123. The molecule has 0 spiro atoms. The average Bonchev–Trinajstić information content (AvgIpc) is 3.55. The minimum atomic E-state index is -1.17. The number of halogens is 2. The van der Waals surface area contributed by atoms with Crippen LogP contribution in [0.3, 0.4) is 0 Å². The number of hydrogen-bond acceptors (Lipinski definition) is 4. The molecule has 190 valence electrons.